The number of benzene rings is 4. The number of amides is 1. The van der Waals surface area contributed by atoms with Crippen molar-refractivity contribution in [3.63, 3.8) is 0 Å². The van der Waals surface area contributed by atoms with E-state index >= 15 is 0 Å². The van der Waals surface area contributed by atoms with E-state index in [9.17, 15) is 20.2 Å². The summed E-state index contributed by atoms with van der Waals surface area (Å²) in [5.74, 6) is -0.482. The highest BCUT2D eigenvalue weighted by molar-refractivity contribution is 6.11. The average molecular weight is 487 g/mol. The first-order chi connectivity index (χ1) is 17.9. The molecule has 0 unspecified atom stereocenters. The Balaban J connectivity index is 1.49. The van der Waals surface area contributed by atoms with Crippen molar-refractivity contribution in [3.05, 3.63) is 124 Å². The van der Waals surface area contributed by atoms with E-state index in [-0.39, 0.29) is 11.3 Å². The standard InChI is InChI=1S/C30H22N4O3/c1-20-28(17-24(18-31)30(35)32-25-13-12-22-6-2-3-7-23(22)16-25)27-8-4-5-9-29(27)33(20)19-21-10-14-26(15-11-21)34(36)37/h2-17H,19H2,1H3,(H,32,35)/b24-17-. The third-order valence-electron chi connectivity index (χ3n) is 6.43. The van der Waals surface area contributed by atoms with Gasteiger partial charge in [-0.05, 0) is 47.5 Å². The summed E-state index contributed by atoms with van der Waals surface area (Å²) in [5, 5.41) is 26.6. The average Bonchev–Trinajstić information content (AvgIpc) is 3.17. The number of rotatable bonds is 6. The minimum atomic E-state index is -0.482. The first-order valence-corrected chi connectivity index (χ1v) is 11.7. The van der Waals surface area contributed by atoms with E-state index in [1.165, 1.54) is 12.1 Å². The van der Waals surface area contributed by atoms with E-state index in [1.54, 1.807) is 18.2 Å². The predicted octanol–water partition coefficient (Wildman–Crippen LogP) is 6.61. The smallest absolute Gasteiger partial charge is 0.269 e. The van der Waals surface area contributed by atoms with Crippen molar-refractivity contribution in [2.45, 2.75) is 13.5 Å². The lowest BCUT2D eigenvalue weighted by Crippen LogP contribution is -2.13. The molecule has 180 valence electrons. The van der Waals surface area contributed by atoms with Crippen molar-refractivity contribution in [3.8, 4) is 6.07 Å². The number of nitriles is 1. The maximum Gasteiger partial charge on any atom is 0.269 e. The van der Waals surface area contributed by atoms with Crippen LogP contribution in [0, 0.1) is 28.4 Å². The second-order valence-electron chi connectivity index (χ2n) is 8.71. The molecule has 5 aromatic rings. The number of carbonyl (C=O) groups is 1. The van der Waals surface area contributed by atoms with E-state index in [4.69, 9.17) is 0 Å². The molecule has 0 saturated heterocycles. The zero-order valence-corrected chi connectivity index (χ0v) is 20.0. The third kappa shape index (κ3) is 4.68. The Hall–Kier alpha value is -5.22. The summed E-state index contributed by atoms with van der Waals surface area (Å²) in [6.07, 6.45) is 1.63. The van der Waals surface area contributed by atoms with Crippen LogP contribution in [0.1, 0.15) is 16.8 Å². The molecule has 1 heterocycles. The number of hydrogen-bond donors (Lipinski definition) is 1. The fourth-order valence-corrected chi connectivity index (χ4v) is 4.51. The highest BCUT2D eigenvalue weighted by Crippen LogP contribution is 2.29. The topological polar surface area (TPSA) is 101 Å². The molecule has 37 heavy (non-hydrogen) atoms. The minimum Gasteiger partial charge on any atom is -0.340 e. The zero-order chi connectivity index (χ0) is 25.9. The van der Waals surface area contributed by atoms with Gasteiger partial charge in [0, 0.05) is 46.5 Å². The van der Waals surface area contributed by atoms with E-state index in [0.29, 0.717) is 12.2 Å². The van der Waals surface area contributed by atoms with Crippen LogP contribution in [0.15, 0.2) is 96.6 Å². The maximum atomic E-state index is 13.1. The van der Waals surface area contributed by atoms with Crippen LogP contribution in [0.4, 0.5) is 11.4 Å². The summed E-state index contributed by atoms with van der Waals surface area (Å²) in [7, 11) is 0. The van der Waals surface area contributed by atoms with E-state index < -0.39 is 10.8 Å². The molecule has 1 aromatic heterocycles. The molecule has 4 aromatic carbocycles. The summed E-state index contributed by atoms with van der Waals surface area (Å²) in [4.78, 5) is 23.6. The number of nitro benzene ring substituents is 1. The molecule has 1 amide bonds. The SMILES string of the molecule is Cc1c(/C=C(/C#N)C(=O)Nc2ccc3ccccc3c2)c2ccccc2n1Cc1ccc([N+](=O)[O-])cc1. The highest BCUT2D eigenvalue weighted by Gasteiger charge is 2.17. The van der Waals surface area contributed by atoms with Gasteiger partial charge in [-0.3, -0.25) is 14.9 Å². The van der Waals surface area contributed by atoms with Gasteiger partial charge in [-0.2, -0.15) is 5.26 Å². The molecule has 1 N–H and O–H groups in total. The lowest BCUT2D eigenvalue weighted by molar-refractivity contribution is -0.384. The number of carbonyl (C=O) groups excluding carboxylic acids is 1. The first-order valence-electron chi connectivity index (χ1n) is 11.7. The van der Waals surface area contributed by atoms with Crippen LogP contribution in [0.2, 0.25) is 0 Å². The molecule has 0 atom stereocenters. The lowest BCUT2D eigenvalue weighted by Gasteiger charge is -2.09. The van der Waals surface area contributed by atoms with Gasteiger partial charge in [0.15, 0.2) is 0 Å². The highest BCUT2D eigenvalue weighted by atomic mass is 16.6. The molecular formula is C30H22N4O3. The van der Waals surface area contributed by atoms with Gasteiger partial charge in [-0.1, -0.05) is 60.7 Å². The summed E-state index contributed by atoms with van der Waals surface area (Å²) in [6, 6.07) is 29.8. The minimum absolute atomic E-state index is 0.00509. The number of para-hydroxylation sites is 1. The van der Waals surface area contributed by atoms with Crippen molar-refractivity contribution >= 4 is 45.0 Å². The number of nitro groups is 1. The van der Waals surface area contributed by atoms with Crippen LogP contribution in [0.25, 0.3) is 27.8 Å². The van der Waals surface area contributed by atoms with Crippen LogP contribution in [-0.4, -0.2) is 15.4 Å². The Morgan fingerprint density at radius 1 is 1.00 bits per heavy atom. The van der Waals surface area contributed by atoms with Gasteiger partial charge in [0.1, 0.15) is 11.6 Å². The number of fused-ring (bicyclic) bond motifs is 2. The van der Waals surface area contributed by atoms with Gasteiger partial charge in [-0.25, -0.2) is 0 Å². The number of nitrogens with zero attached hydrogens (tertiary/aromatic N) is 3. The van der Waals surface area contributed by atoms with Gasteiger partial charge < -0.3 is 9.88 Å². The van der Waals surface area contributed by atoms with Crippen LogP contribution in [-0.2, 0) is 11.3 Å². The summed E-state index contributed by atoms with van der Waals surface area (Å²) in [5.41, 5.74) is 4.15. The normalized spacial score (nSPS) is 11.4. The Kier molecular flexibility index (Phi) is 6.23. The summed E-state index contributed by atoms with van der Waals surface area (Å²) >= 11 is 0. The molecule has 0 bridgehead atoms. The Bertz CT molecular complexity index is 1740. The van der Waals surface area contributed by atoms with Gasteiger partial charge in [0.05, 0.1) is 4.92 Å². The maximum absolute atomic E-state index is 13.1. The van der Waals surface area contributed by atoms with Crippen LogP contribution in [0.5, 0.6) is 0 Å². The second-order valence-corrected chi connectivity index (χ2v) is 8.71. The molecule has 0 aliphatic carbocycles. The van der Waals surface area contributed by atoms with Gasteiger partial charge in [0.2, 0.25) is 0 Å². The van der Waals surface area contributed by atoms with Crippen molar-refractivity contribution in [1.82, 2.24) is 4.57 Å². The lowest BCUT2D eigenvalue weighted by atomic mass is 10.1. The molecule has 5 rings (SSSR count). The molecule has 0 aliphatic heterocycles. The molecule has 0 spiro atoms. The molecule has 7 nitrogen and oxygen atoms in total. The number of non-ortho nitro benzene ring substituents is 1. The Morgan fingerprint density at radius 3 is 2.43 bits per heavy atom. The number of aromatic nitrogens is 1. The third-order valence-corrected chi connectivity index (χ3v) is 6.43. The van der Waals surface area contributed by atoms with E-state index in [0.717, 1.165) is 38.5 Å². The molecule has 7 heteroatoms. The van der Waals surface area contributed by atoms with Gasteiger partial charge in [-0.15, -0.1) is 0 Å². The van der Waals surface area contributed by atoms with Gasteiger partial charge >= 0.3 is 0 Å². The molecular weight excluding hydrogens is 464 g/mol. The number of anilines is 1. The number of nitrogens with one attached hydrogen (secondary N) is 1. The molecule has 0 aliphatic rings. The van der Waals surface area contributed by atoms with Crippen LogP contribution in [0.3, 0.4) is 0 Å². The Labute approximate surface area is 213 Å². The first kappa shape index (κ1) is 23.5. The predicted molar refractivity (Wildman–Crippen MR) is 145 cm³/mol. The van der Waals surface area contributed by atoms with Crippen LogP contribution < -0.4 is 5.32 Å². The molecule has 0 fully saturated rings. The van der Waals surface area contributed by atoms with Crippen molar-refractivity contribution < 1.29 is 9.72 Å². The fraction of sp³-hybridized carbons (Fsp3) is 0.0667. The van der Waals surface area contributed by atoms with Crippen molar-refractivity contribution in [2.75, 3.05) is 5.32 Å². The zero-order valence-electron chi connectivity index (χ0n) is 20.0. The number of hydrogen-bond acceptors (Lipinski definition) is 4. The molecule has 0 saturated carbocycles. The van der Waals surface area contributed by atoms with E-state index in [2.05, 4.69) is 16.0 Å². The monoisotopic (exact) mass is 486 g/mol. The van der Waals surface area contributed by atoms with Crippen molar-refractivity contribution in [1.29, 1.82) is 5.26 Å². The summed E-state index contributed by atoms with van der Waals surface area (Å²) in [6.45, 7) is 2.43. The fourth-order valence-electron chi connectivity index (χ4n) is 4.51. The largest absolute Gasteiger partial charge is 0.340 e. The summed E-state index contributed by atoms with van der Waals surface area (Å²) < 4.78 is 2.08. The van der Waals surface area contributed by atoms with E-state index in [1.807, 2.05) is 73.7 Å². The van der Waals surface area contributed by atoms with Gasteiger partial charge in [0.25, 0.3) is 11.6 Å². The van der Waals surface area contributed by atoms with Crippen molar-refractivity contribution in [2.24, 2.45) is 0 Å². The molecule has 0 radical (unpaired) electrons. The Morgan fingerprint density at radius 2 is 1.70 bits per heavy atom. The second kappa shape index (κ2) is 9.80. The quantitative estimate of drug-likeness (QED) is 0.126. The van der Waals surface area contributed by atoms with Crippen LogP contribution >= 0.6 is 0 Å².